The molecule has 0 bridgehead atoms. The molecule has 3 aromatic rings. The second kappa shape index (κ2) is 7.04. The van der Waals surface area contributed by atoms with Crippen LogP contribution in [-0.4, -0.2) is 41.4 Å². The van der Waals surface area contributed by atoms with Gasteiger partial charge in [-0.25, -0.2) is 17.9 Å². The fourth-order valence-electron chi connectivity index (χ4n) is 2.37. The molecule has 27 heavy (non-hydrogen) atoms. The van der Waals surface area contributed by atoms with Crippen molar-refractivity contribution >= 4 is 27.4 Å². The number of anilines is 1. The largest absolute Gasteiger partial charge is 0.478 e. The molecule has 1 aromatic heterocycles. The van der Waals surface area contributed by atoms with Gasteiger partial charge in [-0.3, -0.25) is 4.79 Å². The number of benzene rings is 2. The predicted molar refractivity (Wildman–Crippen MR) is 98.0 cm³/mol. The van der Waals surface area contributed by atoms with Gasteiger partial charge >= 0.3 is 5.97 Å². The van der Waals surface area contributed by atoms with Crippen LogP contribution in [0.15, 0.2) is 65.7 Å². The molecule has 8 nitrogen and oxygen atoms in total. The number of sulfone groups is 1. The summed E-state index contributed by atoms with van der Waals surface area (Å²) in [6.07, 6.45) is 2.57. The van der Waals surface area contributed by atoms with Crippen LogP contribution in [0.2, 0.25) is 0 Å². The van der Waals surface area contributed by atoms with Gasteiger partial charge in [0.15, 0.2) is 15.5 Å². The Morgan fingerprint density at radius 1 is 1.07 bits per heavy atom. The summed E-state index contributed by atoms with van der Waals surface area (Å²) in [5.74, 6) is -1.89. The monoisotopic (exact) mass is 385 g/mol. The first-order valence-electron chi connectivity index (χ1n) is 7.75. The Labute approximate surface area is 155 Å². The Balaban J connectivity index is 1.89. The first-order valence-corrected chi connectivity index (χ1v) is 9.64. The molecule has 0 aliphatic rings. The maximum absolute atomic E-state index is 12.4. The van der Waals surface area contributed by atoms with Gasteiger partial charge in [0.2, 0.25) is 0 Å². The van der Waals surface area contributed by atoms with E-state index in [9.17, 15) is 18.0 Å². The Morgan fingerprint density at radius 2 is 1.78 bits per heavy atom. The van der Waals surface area contributed by atoms with Gasteiger partial charge in [-0.1, -0.05) is 18.2 Å². The maximum Gasteiger partial charge on any atom is 0.335 e. The van der Waals surface area contributed by atoms with E-state index in [1.165, 1.54) is 22.9 Å². The zero-order chi connectivity index (χ0) is 19.6. The molecule has 138 valence electrons. The van der Waals surface area contributed by atoms with Gasteiger partial charge in [0.25, 0.3) is 5.91 Å². The molecular formula is C18H15N3O5S. The third-order valence-corrected chi connectivity index (χ3v) is 4.77. The first kappa shape index (κ1) is 18.3. The molecule has 0 unspecified atom stereocenters. The molecule has 2 aromatic carbocycles. The molecule has 0 spiro atoms. The Hall–Kier alpha value is -3.46. The van der Waals surface area contributed by atoms with Crippen molar-refractivity contribution in [3.8, 4) is 5.69 Å². The van der Waals surface area contributed by atoms with Crippen LogP contribution in [0.5, 0.6) is 0 Å². The summed E-state index contributed by atoms with van der Waals surface area (Å²) >= 11 is 0. The van der Waals surface area contributed by atoms with Gasteiger partial charge < -0.3 is 10.4 Å². The fraction of sp³-hybridized carbons (Fsp3) is 0.0556. The van der Waals surface area contributed by atoms with Crippen LogP contribution in [0.25, 0.3) is 5.69 Å². The maximum atomic E-state index is 12.4. The van der Waals surface area contributed by atoms with Crippen LogP contribution in [0.4, 0.5) is 5.69 Å². The van der Waals surface area contributed by atoms with Crippen molar-refractivity contribution < 1.29 is 23.1 Å². The quantitative estimate of drug-likeness (QED) is 0.695. The molecule has 0 aliphatic carbocycles. The summed E-state index contributed by atoms with van der Waals surface area (Å²) in [7, 11) is -3.65. The molecule has 0 saturated carbocycles. The van der Waals surface area contributed by atoms with Crippen molar-refractivity contribution in [2.45, 2.75) is 4.90 Å². The van der Waals surface area contributed by atoms with Gasteiger partial charge in [-0.05, 0) is 36.4 Å². The van der Waals surface area contributed by atoms with Gasteiger partial charge in [0.1, 0.15) is 0 Å². The van der Waals surface area contributed by atoms with E-state index in [0.29, 0.717) is 0 Å². The van der Waals surface area contributed by atoms with E-state index in [4.69, 9.17) is 5.11 Å². The molecule has 0 atom stereocenters. The number of hydrogen-bond acceptors (Lipinski definition) is 5. The van der Waals surface area contributed by atoms with E-state index >= 15 is 0 Å². The molecule has 3 rings (SSSR count). The summed E-state index contributed by atoms with van der Waals surface area (Å²) < 4.78 is 25.0. The molecular weight excluding hydrogens is 370 g/mol. The minimum atomic E-state index is -3.65. The van der Waals surface area contributed by atoms with Crippen molar-refractivity contribution in [3.05, 3.63) is 72.1 Å². The second-order valence-electron chi connectivity index (χ2n) is 5.76. The van der Waals surface area contributed by atoms with Crippen LogP contribution < -0.4 is 5.32 Å². The molecule has 1 amide bonds. The highest BCUT2D eigenvalue weighted by molar-refractivity contribution is 7.90. The van der Waals surface area contributed by atoms with E-state index in [1.54, 1.807) is 6.20 Å². The number of aromatic carboxylic acids is 1. The summed E-state index contributed by atoms with van der Waals surface area (Å²) in [4.78, 5) is 23.4. The van der Waals surface area contributed by atoms with Crippen LogP contribution in [-0.2, 0) is 9.84 Å². The Bertz CT molecular complexity index is 1120. The highest BCUT2D eigenvalue weighted by Crippen LogP contribution is 2.20. The van der Waals surface area contributed by atoms with Crippen molar-refractivity contribution in [2.24, 2.45) is 0 Å². The van der Waals surface area contributed by atoms with E-state index in [1.807, 2.05) is 30.3 Å². The Morgan fingerprint density at radius 3 is 2.41 bits per heavy atom. The molecule has 9 heteroatoms. The third kappa shape index (κ3) is 4.21. The standard InChI is InChI=1S/C18H15N3O5S/c1-27(25,26)15-10-12(18(23)24)9-13(11-15)19-17(22)16-7-8-21(20-16)14-5-3-2-4-6-14/h2-11H,1H3,(H,19,22)(H,23,24). The molecule has 0 saturated heterocycles. The molecule has 1 heterocycles. The smallest absolute Gasteiger partial charge is 0.335 e. The average Bonchev–Trinajstić information content (AvgIpc) is 3.12. The lowest BCUT2D eigenvalue weighted by Gasteiger charge is -2.08. The number of carbonyl (C=O) groups excluding carboxylic acids is 1. The van der Waals surface area contributed by atoms with Crippen LogP contribution in [0.1, 0.15) is 20.8 Å². The lowest BCUT2D eigenvalue weighted by Crippen LogP contribution is -2.14. The van der Waals surface area contributed by atoms with Gasteiger partial charge in [0.05, 0.1) is 16.1 Å². The van der Waals surface area contributed by atoms with Crippen molar-refractivity contribution in [2.75, 3.05) is 11.6 Å². The SMILES string of the molecule is CS(=O)(=O)c1cc(NC(=O)c2ccn(-c3ccccc3)n2)cc(C(=O)O)c1. The molecule has 0 fully saturated rings. The minimum absolute atomic E-state index is 0.0505. The Kier molecular flexibility index (Phi) is 4.78. The number of rotatable bonds is 5. The van der Waals surface area contributed by atoms with E-state index in [-0.39, 0.29) is 21.8 Å². The van der Waals surface area contributed by atoms with E-state index in [0.717, 1.165) is 18.0 Å². The van der Waals surface area contributed by atoms with Crippen LogP contribution in [0, 0.1) is 0 Å². The predicted octanol–water partition coefficient (Wildman–Crippen LogP) is 2.23. The summed E-state index contributed by atoms with van der Waals surface area (Å²) in [6.45, 7) is 0. The van der Waals surface area contributed by atoms with Gasteiger partial charge in [-0.15, -0.1) is 0 Å². The number of carboxylic acids is 1. The minimum Gasteiger partial charge on any atom is -0.478 e. The normalized spacial score (nSPS) is 11.1. The fourth-order valence-corrected chi connectivity index (χ4v) is 3.06. The number of para-hydroxylation sites is 1. The van der Waals surface area contributed by atoms with Crippen molar-refractivity contribution in [3.63, 3.8) is 0 Å². The molecule has 2 N–H and O–H groups in total. The number of amides is 1. The van der Waals surface area contributed by atoms with Gasteiger partial charge in [0, 0.05) is 18.1 Å². The summed E-state index contributed by atoms with van der Waals surface area (Å²) in [5.41, 5.74) is 0.668. The highest BCUT2D eigenvalue weighted by atomic mass is 32.2. The number of aromatic nitrogens is 2. The second-order valence-corrected chi connectivity index (χ2v) is 7.77. The molecule has 0 aliphatic heterocycles. The number of carbonyl (C=O) groups is 2. The lowest BCUT2D eigenvalue weighted by atomic mass is 10.2. The lowest BCUT2D eigenvalue weighted by molar-refractivity contribution is 0.0696. The highest BCUT2D eigenvalue weighted by Gasteiger charge is 2.16. The molecule has 0 radical (unpaired) electrons. The van der Waals surface area contributed by atoms with Crippen molar-refractivity contribution in [1.29, 1.82) is 0 Å². The zero-order valence-electron chi connectivity index (χ0n) is 14.2. The topological polar surface area (TPSA) is 118 Å². The van der Waals surface area contributed by atoms with Crippen LogP contribution >= 0.6 is 0 Å². The summed E-state index contributed by atoms with van der Waals surface area (Å²) in [6, 6.07) is 14.1. The summed E-state index contributed by atoms with van der Waals surface area (Å²) in [5, 5.41) is 15.8. The van der Waals surface area contributed by atoms with Crippen molar-refractivity contribution in [1.82, 2.24) is 9.78 Å². The zero-order valence-corrected chi connectivity index (χ0v) is 15.0. The number of hydrogen-bond donors (Lipinski definition) is 2. The van der Waals surface area contributed by atoms with E-state index < -0.39 is 21.7 Å². The number of carboxylic acid groups (broad SMARTS) is 1. The number of nitrogens with one attached hydrogen (secondary N) is 1. The van der Waals surface area contributed by atoms with E-state index in [2.05, 4.69) is 10.4 Å². The first-order chi connectivity index (χ1) is 12.7. The third-order valence-electron chi connectivity index (χ3n) is 3.68. The average molecular weight is 385 g/mol. The van der Waals surface area contributed by atoms with Gasteiger partial charge in [-0.2, -0.15) is 5.10 Å². The van der Waals surface area contributed by atoms with Crippen LogP contribution in [0.3, 0.4) is 0 Å². The number of nitrogens with zero attached hydrogens (tertiary/aromatic N) is 2.